The number of benzene rings is 1. The lowest BCUT2D eigenvalue weighted by atomic mass is 10.2. The number of halogens is 1. The van der Waals surface area contributed by atoms with Gasteiger partial charge in [-0.05, 0) is 25.1 Å². The Bertz CT molecular complexity index is 513. The van der Waals surface area contributed by atoms with E-state index < -0.39 is 0 Å². The van der Waals surface area contributed by atoms with Gasteiger partial charge in [0, 0.05) is 36.8 Å². The lowest BCUT2D eigenvalue weighted by Gasteiger charge is -2.34. The van der Waals surface area contributed by atoms with E-state index in [-0.39, 0.29) is 18.4 Å². The first-order chi connectivity index (χ1) is 10.1. The Morgan fingerprint density at radius 3 is 2.57 bits per heavy atom. The standard InChI is InChI=1S/C15H19ClN2O3/c1-2-21-14(19)11-17-6-8-18(9-7-17)15(20)12-4-3-5-13(16)10-12/h3-5,10H,2,6-9,11H2,1H3. The van der Waals surface area contributed by atoms with Gasteiger partial charge in [0.25, 0.3) is 5.91 Å². The molecular formula is C15H19ClN2O3. The SMILES string of the molecule is CCOC(=O)CN1CCN(C(=O)c2cccc(Cl)c2)CC1. The number of carbonyl (C=O) groups is 2. The minimum absolute atomic E-state index is 0.0201. The molecule has 0 unspecified atom stereocenters. The van der Waals surface area contributed by atoms with Crippen molar-refractivity contribution in [3.63, 3.8) is 0 Å². The molecule has 1 aliphatic rings. The summed E-state index contributed by atoms with van der Waals surface area (Å²) in [6.45, 7) is 5.02. The lowest BCUT2D eigenvalue weighted by Crippen LogP contribution is -2.50. The molecule has 114 valence electrons. The lowest BCUT2D eigenvalue weighted by molar-refractivity contribution is -0.144. The van der Waals surface area contributed by atoms with Crippen LogP contribution in [0.25, 0.3) is 0 Å². The van der Waals surface area contributed by atoms with Crippen LogP contribution in [-0.4, -0.2) is 61.0 Å². The number of ether oxygens (including phenoxy) is 1. The molecule has 1 aliphatic heterocycles. The molecule has 1 aromatic carbocycles. The molecule has 6 heteroatoms. The van der Waals surface area contributed by atoms with Gasteiger partial charge in [-0.15, -0.1) is 0 Å². The predicted molar refractivity (Wildman–Crippen MR) is 80.4 cm³/mol. The third-order valence-corrected chi connectivity index (χ3v) is 3.62. The molecular weight excluding hydrogens is 292 g/mol. The number of nitrogens with zero attached hydrogens (tertiary/aromatic N) is 2. The summed E-state index contributed by atoms with van der Waals surface area (Å²) in [7, 11) is 0. The molecule has 21 heavy (non-hydrogen) atoms. The maximum absolute atomic E-state index is 12.3. The summed E-state index contributed by atoms with van der Waals surface area (Å²) in [5.74, 6) is -0.236. The maximum atomic E-state index is 12.3. The highest BCUT2D eigenvalue weighted by Crippen LogP contribution is 2.14. The minimum atomic E-state index is -0.216. The largest absolute Gasteiger partial charge is 0.465 e. The first-order valence-electron chi connectivity index (χ1n) is 7.03. The van der Waals surface area contributed by atoms with Gasteiger partial charge in [-0.1, -0.05) is 17.7 Å². The summed E-state index contributed by atoms with van der Waals surface area (Å²) in [5, 5.41) is 0.557. The summed E-state index contributed by atoms with van der Waals surface area (Å²) in [6.07, 6.45) is 0. The summed E-state index contributed by atoms with van der Waals surface area (Å²) in [4.78, 5) is 27.6. The molecule has 1 amide bonds. The van der Waals surface area contributed by atoms with E-state index in [1.807, 2.05) is 4.90 Å². The Morgan fingerprint density at radius 1 is 1.24 bits per heavy atom. The fourth-order valence-electron chi connectivity index (χ4n) is 2.30. The normalized spacial score (nSPS) is 15.8. The van der Waals surface area contributed by atoms with E-state index in [1.54, 1.807) is 36.1 Å². The molecule has 0 radical (unpaired) electrons. The number of amides is 1. The molecule has 1 aromatic rings. The van der Waals surface area contributed by atoms with E-state index in [1.165, 1.54) is 0 Å². The second-order valence-corrected chi connectivity index (χ2v) is 5.32. The van der Waals surface area contributed by atoms with Gasteiger partial charge in [-0.3, -0.25) is 14.5 Å². The van der Waals surface area contributed by atoms with Crippen LogP contribution in [0.15, 0.2) is 24.3 Å². The first kappa shape index (κ1) is 15.8. The van der Waals surface area contributed by atoms with Crippen molar-refractivity contribution in [2.24, 2.45) is 0 Å². The molecule has 0 saturated carbocycles. The van der Waals surface area contributed by atoms with Crippen molar-refractivity contribution in [3.8, 4) is 0 Å². The fourth-order valence-corrected chi connectivity index (χ4v) is 2.49. The maximum Gasteiger partial charge on any atom is 0.320 e. The van der Waals surface area contributed by atoms with Crippen molar-refractivity contribution in [2.75, 3.05) is 39.3 Å². The van der Waals surface area contributed by atoms with Gasteiger partial charge in [0.05, 0.1) is 13.2 Å². The molecule has 1 fully saturated rings. The number of piperazine rings is 1. The summed E-state index contributed by atoms with van der Waals surface area (Å²) < 4.78 is 4.93. The van der Waals surface area contributed by atoms with Crippen LogP contribution in [0.3, 0.4) is 0 Å². The Labute approximate surface area is 129 Å². The third kappa shape index (κ3) is 4.44. The average Bonchev–Trinajstić information content (AvgIpc) is 2.47. The molecule has 0 aromatic heterocycles. The number of rotatable bonds is 4. The van der Waals surface area contributed by atoms with Crippen molar-refractivity contribution >= 4 is 23.5 Å². The average molecular weight is 311 g/mol. The fraction of sp³-hybridized carbons (Fsp3) is 0.467. The zero-order valence-corrected chi connectivity index (χ0v) is 12.8. The summed E-state index contributed by atoms with van der Waals surface area (Å²) in [5.41, 5.74) is 0.598. The van der Waals surface area contributed by atoms with Crippen LogP contribution in [-0.2, 0) is 9.53 Å². The quantitative estimate of drug-likeness (QED) is 0.794. The highest BCUT2D eigenvalue weighted by molar-refractivity contribution is 6.30. The molecule has 0 spiro atoms. The first-order valence-corrected chi connectivity index (χ1v) is 7.40. The Hall–Kier alpha value is -1.59. The minimum Gasteiger partial charge on any atom is -0.465 e. The number of esters is 1. The molecule has 5 nitrogen and oxygen atoms in total. The van der Waals surface area contributed by atoms with Crippen LogP contribution in [0.2, 0.25) is 5.02 Å². The third-order valence-electron chi connectivity index (χ3n) is 3.39. The van der Waals surface area contributed by atoms with Crippen molar-refractivity contribution < 1.29 is 14.3 Å². The highest BCUT2D eigenvalue weighted by Gasteiger charge is 2.23. The molecule has 0 aliphatic carbocycles. The van der Waals surface area contributed by atoms with Gasteiger partial charge in [-0.2, -0.15) is 0 Å². The summed E-state index contributed by atoms with van der Waals surface area (Å²) >= 11 is 5.91. The van der Waals surface area contributed by atoms with Crippen molar-refractivity contribution in [1.29, 1.82) is 0 Å². The van der Waals surface area contributed by atoms with E-state index >= 15 is 0 Å². The second kappa shape index (κ2) is 7.43. The van der Waals surface area contributed by atoms with Gasteiger partial charge in [0.15, 0.2) is 0 Å². The van der Waals surface area contributed by atoms with E-state index in [4.69, 9.17) is 16.3 Å². The predicted octanol–water partition coefficient (Wildman–Crippen LogP) is 1.66. The molecule has 2 rings (SSSR count). The van der Waals surface area contributed by atoms with Crippen LogP contribution in [0.4, 0.5) is 0 Å². The smallest absolute Gasteiger partial charge is 0.320 e. The number of hydrogen-bond donors (Lipinski definition) is 0. The van der Waals surface area contributed by atoms with Crippen molar-refractivity contribution in [1.82, 2.24) is 9.80 Å². The van der Waals surface area contributed by atoms with Crippen LogP contribution in [0.1, 0.15) is 17.3 Å². The molecule has 1 saturated heterocycles. The van der Waals surface area contributed by atoms with E-state index in [0.717, 1.165) is 0 Å². The Kier molecular flexibility index (Phi) is 5.59. The zero-order valence-electron chi connectivity index (χ0n) is 12.0. The zero-order chi connectivity index (χ0) is 15.2. The molecule has 1 heterocycles. The Morgan fingerprint density at radius 2 is 1.95 bits per heavy atom. The molecule has 0 N–H and O–H groups in total. The highest BCUT2D eigenvalue weighted by atomic mass is 35.5. The molecule has 0 bridgehead atoms. The van der Waals surface area contributed by atoms with E-state index in [9.17, 15) is 9.59 Å². The van der Waals surface area contributed by atoms with Gasteiger partial charge < -0.3 is 9.64 Å². The van der Waals surface area contributed by atoms with Crippen molar-refractivity contribution in [3.05, 3.63) is 34.9 Å². The summed E-state index contributed by atoms with van der Waals surface area (Å²) in [6, 6.07) is 6.95. The van der Waals surface area contributed by atoms with Gasteiger partial charge in [-0.25, -0.2) is 0 Å². The van der Waals surface area contributed by atoms with Gasteiger partial charge >= 0.3 is 5.97 Å². The van der Waals surface area contributed by atoms with E-state index in [2.05, 4.69) is 0 Å². The second-order valence-electron chi connectivity index (χ2n) is 4.88. The van der Waals surface area contributed by atoms with Crippen LogP contribution >= 0.6 is 11.6 Å². The Balaban J connectivity index is 1.86. The number of hydrogen-bond acceptors (Lipinski definition) is 4. The van der Waals surface area contributed by atoms with Crippen LogP contribution < -0.4 is 0 Å². The van der Waals surface area contributed by atoms with Gasteiger partial charge in [0.1, 0.15) is 0 Å². The number of carbonyl (C=O) groups excluding carboxylic acids is 2. The topological polar surface area (TPSA) is 49.9 Å². The van der Waals surface area contributed by atoms with E-state index in [0.29, 0.717) is 43.4 Å². The van der Waals surface area contributed by atoms with Crippen LogP contribution in [0.5, 0.6) is 0 Å². The van der Waals surface area contributed by atoms with Gasteiger partial charge in [0.2, 0.25) is 0 Å². The monoisotopic (exact) mass is 310 g/mol. The molecule has 0 atom stereocenters. The van der Waals surface area contributed by atoms with Crippen molar-refractivity contribution in [2.45, 2.75) is 6.92 Å². The van der Waals surface area contributed by atoms with Crippen LogP contribution in [0, 0.1) is 0 Å².